The highest BCUT2D eigenvalue weighted by molar-refractivity contribution is 5.93. The zero-order valence-electron chi connectivity index (χ0n) is 14.6. The molecule has 2 N–H and O–H groups in total. The van der Waals surface area contributed by atoms with Crippen LogP contribution >= 0.6 is 0 Å². The number of allylic oxidation sites excluding steroid dienone is 1. The first-order valence-corrected chi connectivity index (χ1v) is 8.33. The third kappa shape index (κ3) is 3.48. The average Bonchev–Trinajstić information content (AvgIpc) is 2.84. The van der Waals surface area contributed by atoms with Crippen LogP contribution < -0.4 is 10.6 Å². The number of ketones is 1. The molecule has 5 nitrogen and oxygen atoms in total. The highest BCUT2D eigenvalue weighted by atomic mass is 16.2. The van der Waals surface area contributed by atoms with Crippen molar-refractivity contribution in [3.8, 4) is 0 Å². The second-order valence-electron chi connectivity index (χ2n) is 8.06. The predicted octanol–water partition coefficient (Wildman–Crippen LogP) is 1.97. The van der Waals surface area contributed by atoms with Crippen molar-refractivity contribution >= 4 is 17.6 Å². The summed E-state index contributed by atoms with van der Waals surface area (Å²) in [5.41, 5.74) is -1.32. The first-order valence-electron chi connectivity index (χ1n) is 8.33. The Morgan fingerprint density at radius 1 is 1.35 bits per heavy atom. The molecule has 0 aliphatic heterocycles. The normalized spacial score (nSPS) is 33.2. The van der Waals surface area contributed by atoms with Gasteiger partial charge in [-0.05, 0) is 51.4 Å². The van der Waals surface area contributed by atoms with Crippen molar-refractivity contribution in [1.29, 1.82) is 0 Å². The van der Waals surface area contributed by atoms with E-state index in [4.69, 9.17) is 0 Å². The molecule has 0 radical (unpaired) electrons. The summed E-state index contributed by atoms with van der Waals surface area (Å²) in [5, 5.41) is 5.97. The molecule has 0 spiro atoms. The summed E-state index contributed by atoms with van der Waals surface area (Å²) in [6, 6.07) is 0. The largest absolute Gasteiger partial charge is 0.349 e. The van der Waals surface area contributed by atoms with Crippen LogP contribution in [-0.4, -0.2) is 28.7 Å². The van der Waals surface area contributed by atoms with Gasteiger partial charge < -0.3 is 10.6 Å². The van der Waals surface area contributed by atoms with Crippen LogP contribution in [0.2, 0.25) is 0 Å². The lowest BCUT2D eigenvalue weighted by Crippen LogP contribution is -2.63. The minimum atomic E-state index is -0.941. The lowest BCUT2D eigenvalue weighted by atomic mass is 9.78. The number of carbonyl (C=O) groups is 3. The first kappa shape index (κ1) is 17.7. The molecule has 2 unspecified atom stereocenters. The molecule has 2 fully saturated rings. The quantitative estimate of drug-likeness (QED) is 0.778. The maximum absolute atomic E-state index is 13.1. The topological polar surface area (TPSA) is 75.3 Å². The molecule has 0 aromatic carbocycles. The Morgan fingerprint density at radius 2 is 2.00 bits per heavy atom. The summed E-state index contributed by atoms with van der Waals surface area (Å²) in [6.45, 7) is 11.0. The fourth-order valence-corrected chi connectivity index (χ4v) is 4.36. The smallest absolute Gasteiger partial charge is 0.246 e. The molecule has 2 saturated carbocycles. The van der Waals surface area contributed by atoms with Gasteiger partial charge in [0.25, 0.3) is 0 Å². The van der Waals surface area contributed by atoms with E-state index in [1.54, 1.807) is 6.08 Å². The number of rotatable bonds is 4. The standard InChI is InChI=1S/C18H28N2O3/c1-6-7-15-14-9-13(22)8-12(14)10-18(15,19-11(2)21)16(23)20-17(3,4)5/h6,12,14-15H,1,7-10H2,2-5H3,(H,19,21)(H,20,23)/t12?,14?,15-,18-/m0/s1. The molecule has 2 aliphatic rings. The highest BCUT2D eigenvalue weighted by Crippen LogP contribution is 2.53. The van der Waals surface area contributed by atoms with Crippen LogP contribution in [0, 0.1) is 17.8 Å². The van der Waals surface area contributed by atoms with E-state index in [1.807, 2.05) is 20.8 Å². The second kappa shape index (κ2) is 6.10. The van der Waals surface area contributed by atoms with Gasteiger partial charge in [0.05, 0.1) is 0 Å². The molecular formula is C18H28N2O3. The van der Waals surface area contributed by atoms with Gasteiger partial charge in [0.15, 0.2) is 0 Å². The first-order chi connectivity index (χ1) is 10.6. The SMILES string of the molecule is C=CC[C@H]1C2CC(=O)CC2C[C@@]1(NC(C)=O)C(=O)NC(C)(C)C. The van der Waals surface area contributed by atoms with Gasteiger partial charge in [-0.1, -0.05) is 6.08 Å². The van der Waals surface area contributed by atoms with Crippen LogP contribution in [0.5, 0.6) is 0 Å². The van der Waals surface area contributed by atoms with Crippen molar-refractivity contribution < 1.29 is 14.4 Å². The van der Waals surface area contributed by atoms with Crippen molar-refractivity contribution in [3.05, 3.63) is 12.7 Å². The number of hydrogen-bond donors (Lipinski definition) is 2. The van der Waals surface area contributed by atoms with Crippen molar-refractivity contribution in [2.24, 2.45) is 17.8 Å². The van der Waals surface area contributed by atoms with E-state index >= 15 is 0 Å². The molecule has 5 heteroatoms. The fourth-order valence-electron chi connectivity index (χ4n) is 4.36. The minimum absolute atomic E-state index is 0.0808. The Bertz CT molecular complexity index is 535. The minimum Gasteiger partial charge on any atom is -0.349 e. The number of amides is 2. The third-order valence-electron chi connectivity index (χ3n) is 5.01. The van der Waals surface area contributed by atoms with Crippen LogP contribution in [0.3, 0.4) is 0 Å². The van der Waals surface area contributed by atoms with E-state index in [2.05, 4.69) is 17.2 Å². The molecule has 4 atom stereocenters. The van der Waals surface area contributed by atoms with Gasteiger partial charge in [0.1, 0.15) is 11.3 Å². The average molecular weight is 320 g/mol. The molecule has 0 saturated heterocycles. The Morgan fingerprint density at radius 3 is 2.52 bits per heavy atom. The summed E-state index contributed by atoms with van der Waals surface area (Å²) >= 11 is 0. The Labute approximate surface area is 138 Å². The van der Waals surface area contributed by atoms with E-state index in [0.29, 0.717) is 25.7 Å². The van der Waals surface area contributed by atoms with Gasteiger partial charge in [-0.25, -0.2) is 0 Å². The van der Waals surface area contributed by atoms with Gasteiger partial charge in [-0.15, -0.1) is 6.58 Å². The van der Waals surface area contributed by atoms with E-state index in [1.165, 1.54) is 6.92 Å². The molecule has 2 aliphatic carbocycles. The van der Waals surface area contributed by atoms with Crippen molar-refractivity contribution in [1.82, 2.24) is 10.6 Å². The van der Waals surface area contributed by atoms with Gasteiger partial charge >= 0.3 is 0 Å². The van der Waals surface area contributed by atoms with Crippen LogP contribution in [0.1, 0.15) is 53.4 Å². The lowest BCUT2D eigenvalue weighted by molar-refractivity contribution is -0.136. The second-order valence-corrected chi connectivity index (χ2v) is 8.06. The zero-order chi connectivity index (χ0) is 17.4. The van der Waals surface area contributed by atoms with Gasteiger partial charge in [-0.2, -0.15) is 0 Å². The van der Waals surface area contributed by atoms with Crippen molar-refractivity contribution in [2.75, 3.05) is 0 Å². The third-order valence-corrected chi connectivity index (χ3v) is 5.01. The van der Waals surface area contributed by atoms with Crippen molar-refractivity contribution in [2.45, 2.75) is 64.5 Å². The molecule has 2 amide bonds. The maximum Gasteiger partial charge on any atom is 0.246 e. The lowest BCUT2D eigenvalue weighted by Gasteiger charge is -2.38. The van der Waals surface area contributed by atoms with E-state index in [-0.39, 0.29) is 40.9 Å². The van der Waals surface area contributed by atoms with Crippen LogP contribution in [0.4, 0.5) is 0 Å². The monoisotopic (exact) mass is 320 g/mol. The van der Waals surface area contributed by atoms with E-state index < -0.39 is 5.54 Å². The zero-order valence-corrected chi connectivity index (χ0v) is 14.6. The summed E-state index contributed by atoms with van der Waals surface area (Å²) < 4.78 is 0. The van der Waals surface area contributed by atoms with E-state index in [0.717, 1.165) is 0 Å². The van der Waals surface area contributed by atoms with Gasteiger partial charge in [0.2, 0.25) is 11.8 Å². The van der Waals surface area contributed by atoms with Gasteiger partial charge in [0, 0.05) is 25.3 Å². The fraction of sp³-hybridized carbons (Fsp3) is 0.722. The summed E-state index contributed by atoms with van der Waals surface area (Å²) in [5.74, 6) is 0.149. The summed E-state index contributed by atoms with van der Waals surface area (Å²) in [7, 11) is 0. The number of hydrogen-bond acceptors (Lipinski definition) is 3. The van der Waals surface area contributed by atoms with Crippen LogP contribution in [0.15, 0.2) is 12.7 Å². The molecule has 128 valence electrons. The van der Waals surface area contributed by atoms with Gasteiger partial charge in [-0.3, -0.25) is 14.4 Å². The number of Topliss-reactive ketones (excluding diaryl/α,β-unsaturated/α-hetero) is 1. The molecule has 0 bridgehead atoms. The Kier molecular flexibility index (Phi) is 4.69. The van der Waals surface area contributed by atoms with Crippen LogP contribution in [-0.2, 0) is 14.4 Å². The molecule has 0 aromatic rings. The number of nitrogens with one attached hydrogen (secondary N) is 2. The Balaban J connectivity index is 2.39. The highest BCUT2D eigenvalue weighted by Gasteiger charge is 2.60. The number of fused-ring (bicyclic) bond motifs is 1. The van der Waals surface area contributed by atoms with Crippen LogP contribution in [0.25, 0.3) is 0 Å². The summed E-state index contributed by atoms with van der Waals surface area (Å²) in [4.78, 5) is 36.7. The summed E-state index contributed by atoms with van der Waals surface area (Å²) in [6.07, 6.45) is 3.96. The van der Waals surface area contributed by atoms with E-state index in [9.17, 15) is 14.4 Å². The molecule has 0 aromatic heterocycles. The maximum atomic E-state index is 13.1. The molecule has 2 rings (SSSR count). The van der Waals surface area contributed by atoms with Crippen molar-refractivity contribution in [3.63, 3.8) is 0 Å². The number of carbonyl (C=O) groups excluding carboxylic acids is 3. The molecule has 23 heavy (non-hydrogen) atoms. The predicted molar refractivity (Wildman–Crippen MR) is 88.6 cm³/mol. The molecular weight excluding hydrogens is 292 g/mol. The Hall–Kier alpha value is -1.65. The molecule has 0 heterocycles.